The third-order valence-corrected chi connectivity index (χ3v) is 3.04. The minimum atomic E-state index is -0.990. The van der Waals surface area contributed by atoms with Crippen molar-refractivity contribution in [3.05, 3.63) is 66.1 Å². The molecule has 5 heteroatoms. The van der Waals surface area contributed by atoms with Crippen LogP contribution in [0.15, 0.2) is 54.9 Å². The molecular formula is C16H12N2O3. The molecule has 5 nitrogen and oxygen atoms in total. The van der Waals surface area contributed by atoms with Gasteiger partial charge in [0.1, 0.15) is 12.4 Å². The number of carboxylic acids is 1. The number of benzene rings is 1. The van der Waals surface area contributed by atoms with E-state index in [1.807, 2.05) is 30.3 Å². The van der Waals surface area contributed by atoms with Gasteiger partial charge in [0, 0.05) is 23.8 Å². The molecule has 0 fully saturated rings. The van der Waals surface area contributed by atoms with E-state index in [-0.39, 0.29) is 12.2 Å². The Hall–Kier alpha value is -2.95. The van der Waals surface area contributed by atoms with Gasteiger partial charge < -0.3 is 9.84 Å². The van der Waals surface area contributed by atoms with E-state index in [2.05, 4.69) is 9.97 Å². The van der Waals surface area contributed by atoms with Crippen molar-refractivity contribution in [2.75, 3.05) is 0 Å². The molecule has 3 rings (SSSR count). The first-order valence-electron chi connectivity index (χ1n) is 6.38. The van der Waals surface area contributed by atoms with Gasteiger partial charge >= 0.3 is 5.97 Å². The SMILES string of the molecule is O=C(O)c1ccc(COc2ccc3cccnc3c2)nc1. The molecule has 0 aliphatic rings. The molecule has 0 atom stereocenters. The Kier molecular flexibility index (Phi) is 3.47. The predicted octanol–water partition coefficient (Wildman–Crippen LogP) is 2.91. The number of nitrogens with zero attached hydrogens (tertiary/aromatic N) is 2. The number of carboxylic acid groups (broad SMARTS) is 1. The fourth-order valence-electron chi connectivity index (χ4n) is 1.93. The summed E-state index contributed by atoms with van der Waals surface area (Å²) in [6.45, 7) is 0.276. The monoisotopic (exact) mass is 280 g/mol. The number of fused-ring (bicyclic) bond motifs is 1. The van der Waals surface area contributed by atoms with E-state index in [0.717, 1.165) is 10.9 Å². The molecular weight excluding hydrogens is 268 g/mol. The Morgan fingerprint density at radius 1 is 1.14 bits per heavy atom. The minimum absolute atomic E-state index is 0.161. The molecule has 0 aliphatic heterocycles. The number of ether oxygens (including phenoxy) is 1. The summed E-state index contributed by atoms with van der Waals surface area (Å²) in [7, 11) is 0. The van der Waals surface area contributed by atoms with Crippen LogP contribution in [0.25, 0.3) is 10.9 Å². The number of aromatic nitrogens is 2. The highest BCUT2D eigenvalue weighted by Crippen LogP contribution is 2.19. The van der Waals surface area contributed by atoms with Crippen LogP contribution in [0.4, 0.5) is 0 Å². The molecule has 0 bridgehead atoms. The van der Waals surface area contributed by atoms with Crippen LogP contribution in [-0.2, 0) is 6.61 Å². The second-order valence-electron chi connectivity index (χ2n) is 4.49. The molecule has 0 radical (unpaired) electrons. The summed E-state index contributed by atoms with van der Waals surface area (Å²) in [5.74, 6) is -0.291. The maximum Gasteiger partial charge on any atom is 0.337 e. The van der Waals surface area contributed by atoms with E-state index < -0.39 is 5.97 Å². The Morgan fingerprint density at radius 2 is 2.05 bits per heavy atom. The lowest BCUT2D eigenvalue weighted by atomic mass is 10.2. The molecule has 3 aromatic rings. The van der Waals surface area contributed by atoms with Crippen LogP contribution in [-0.4, -0.2) is 21.0 Å². The maximum atomic E-state index is 10.7. The lowest BCUT2D eigenvalue weighted by Gasteiger charge is -2.06. The van der Waals surface area contributed by atoms with E-state index in [0.29, 0.717) is 11.4 Å². The van der Waals surface area contributed by atoms with Crippen LogP contribution in [0.1, 0.15) is 16.1 Å². The average molecular weight is 280 g/mol. The molecule has 21 heavy (non-hydrogen) atoms. The van der Waals surface area contributed by atoms with Crippen molar-refractivity contribution in [1.29, 1.82) is 0 Å². The summed E-state index contributed by atoms with van der Waals surface area (Å²) in [5.41, 5.74) is 1.69. The molecule has 1 aromatic carbocycles. The molecule has 0 amide bonds. The molecule has 0 aliphatic carbocycles. The number of aromatic carboxylic acids is 1. The summed E-state index contributed by atoms with van der Waals surface area (Å²) in [5, 5.41) is 9.86. The molecule has 0 spiro atoms. The Labute approximate surface area is 120 Å². The normalized spacial score (nSPS) is 10.5. The lowest BCUT2D eigenvalue weighted by molar-refractivity contribution is 0.0696. The quantitative estimate of drug-likeness (QED) is 0.795. The van der Waals surface area contributed by atoms with Crippen molar-refractivity contribution >= 4 is 16.9 Å². The van der Waals surface area contributed by atoms with E-state index in [1.54, 1.807) is 12.3 Å². The van der Waals surface area contributed by atoms with Gasteiger partial charge in [0.05, 0.1) is 16.8 Å². The highest BCUT2D eigenvalue weighted by Gasteiger charge is 2.04. The molecule has 104 valence electrons. The Balaban J connectivity index is 1.72. The fraction of sp³-hybridized carbons (Fsp3) is 0.0625. The van der Waals surface area contributed by atoms with Gasteiger partial charge in [-0.05, 0) is 30.3 Å². The number of hydrogen-bond donors (Lipinski definition) is 1. The van der Waals surface area contributed by atoms with Crippen LogP contribution in [0, 0.1) is 0 Å². The lowest BCUT2D eigenvalue weighted by Crippen LogP contribution is -2.01. The zero-order valence-corrected chi connectivity index (χ0v) is 11.1. The van der Waals surface area contributed by atoms with Gasteiger partial charge in [0.25, 0.3) is 0 Å². The molecule has 2 aromatic heterocycles. The topological polar surface area (TPSA) is 72.3 Å². The van der Waals surface area contributed by atoms with Gasteiger partial charge in [0.2, 0.25) is 0 Å². The van der Waals surface area contributed by atoms with Crippen LogP contribution >= 0.6 is 0 Å². The highest BCUT2D eigenvalue weighted by molar-refractivity contribution is 5.87. The fourth-order valence-corrected chi connectivity index (χ4v) is 1.93. The van der Waals surface area contributed by atoms with E-state index >= 15 is 0 Å². The second-order valence-corrected chi connectivity index (χ2v) is 4.49. The van der Waals surface area contributed by atoms with Crippen LogP contribution in [0.3, 0.4) is 0 Å². The van der Waals surface area contributed by atoms with Crippen molar-refractivity contribution in [1.82, 2.24) is 9.97 Å². The smallest absolute Gasteiger partial charge is 0.337 e. The van der Waals surface area contributed by atoms with Gasteiger partial charge in [-0.1, -0.05) is 6.07 Å². The first-order valence-corrected chi connectivity index (χ1v) is 6.38. The molecule has 0 unspecified atom stereocenters. The predicted molar refractivity (Wildman–Crippen MR) is 77.3 cm³/mol. The zero-order valence-electron chi connectivity index (χ0n) is 11.1. The summed E-state index contributed by atoms with van der Waals surface area (Å²) in [6, 6.07) is 12.7. The first-order chi connectivity index (χ1) is 10.2. The highest BCUT2D eigenvalue weighted by atomic mass is 16.5. The van der Waals surface area contributed by atoms with E-state index in [4.69, 9.17) is 9.84 Å². The van der Waals surface area contributed by atoms with Crippen LogP contribution in [0.5, 0.6) is 5.75 Å². The van der Waals surface area contributed by atoms with Crippen molar-refractivity contribution in [3.63, 3.8) is 0 Å². The third kappa shape index (κ3) is 2.97. The van der Waals surface area contributed by atoms with E-state index in [9.17, 15) is 4.79 Å². The zero-order chi connectivity index (χ0) is 14.7. The van der Waals surface area contributed by atoms with Crippen molar-refractivity contribution in [3.8, 4) is 5.75 Å². The standard InChI is InChI=1S/C16H12N2O3/c19-16(20)12-3-5-13(18-9-12)10-21-14-6-4-11-2-1-7-17-15(11)8-14/h1-9H,10H2,(H,19,20). The number of hydrogen-bond acceptors (Lipinski definition) is 4. The summed E-state index contributed by atoms with van der Waals surface area (Å²) in [4.78, 5) is 19.1. The van der Waals surface area contributed by atoms with Crippen LogP contribution < -0.4 is 4.74 Å². The Bertz CT molecular complexity index is 785. The first kappa shape index (κ1) is 13.1. The second kappa shape index (κ2) is 5.58. The molecule has 0 saturated heterocycles. The number of carbonyl (C=O) groups is 1. The molecule has 2 heterocycles. The van der Waals surface area contributed by atoms with Gasteiger partial charge in [-0.25, -0.2) is 4.79 Å². The van der Waals surface area contributed by atoms with E-state index in [1.165, 1.54) is 12.3 Å². The number of pyridine rings is 2. The third-order valence-electron chi connectivity index (χ3n) is 3.04. The van der Waals surface area contributed by atoms with Gasteiger partial charge in [-0.2, -0.15) is 0 Å². The van der Waals surface area contributed by atoms with Crippen LogP contribution in [0.2, 0.25) is 0 Å². The molecule has 0 saturated carbocycles. The van der Waals surface area contributed by atoms with Crippen molar-refractivity contribution in [2.24, 2.45) is 0 Å². The summed E-state index contributed by atoms with van der Waals surface area (Å²) in [6.07, 6.45) is 3.06. The Morgan fingerprint density at radius 3 is 2.81 bits per heavy atom. The van der Waals surface area contributed by atoms with Crippen molar-refractivity contribution < 1.29 is 14.6 Å². The average Bonchev–Trinajstić information content (AvgIpc) is 2.53. The van der Waals surface area contributed by atoms with Crippen molar-refractivity contribution in [2.45, 2.75) is 6.61 Å². The maximum absolute atomic E-state index is 10.7. The van der Waals surface area contributed by atoms with Gasteiger partial charge in [0.15, 0.2) is 0 Å². The summed E-state index contributed by atoms with van der Waals surface area (Å²) >= 11 is 0. The van der Waals surface area contributed by atoms with Gasteiger partial charge in [-0.3, -0.25) is 9.97 Å². The largest absolute Gasteiger partial charge is 0.487 e. The summed E-state index contributed by atoms with van der Waals surface area (Å²) < 4.78 is 5.65. The number of rotatable bonds is 4. The minimum Gasteiger partial charge on any atom is -0.487 e. The van der Waals surface area contributed by atoms with Gasteiger partial charge in [-0.15, -0.1) is 0 Å². The molecule has 1 N–H and O–H groups in total.